The van der Waals surface area contributed by atoms with Crippen LogP contribution < -0.4 is 0 Å². The van der Waals surface area contributed by atoms with Crippen molar-refractivity contribution < 1.29 is 19.8 Å². The first-order valence-corrected chi connectivity index (χ1v) is 4.95. The normalized spacial score (nSPS) is 11.3. The molecule has 2 rings (SSSR count). The molecule has 7 nitrogen and oxygen atoms in total. The van der Waals surface area contributed by atoms with Gasteiger partial charge in [-0.3, -0.25) is 0 Å². The highest BCUT2D eigenvalue weighted by atomic mass is 16.4. The number of carboxylic acids is 2. The van der Waals surface area contributed by atoms with E-state index < -0.39 is 17.5 Å². The lowest BCUT2D eigenvalue weighted by molar-refractivity contribution is -0.159. The van der Waals surface area contributed by atoms with Crippen molar-refractivity contribution in [2.45, 2.75) is 5.54 Å². The Morgan fingerprint density at radius 3 is 2.44 bits per heavy atom. The van der Waals surface area contributed by atoms with Gasteiger partial charge in [0, 0.05) is 0 Å². The summed E-state index contributed by atoms with van der Waals surface area (Å²) in [5.74, 6) is -3.17. The van der Waals surface area contributed by atoms with Crippen molar-refractivity contribution in [3.05, 3.63) is 36.9 Å². The van der Waals surface area contributed by atoms with Gasteiger partial charge in [0.05, 0.1) is 5.52 Å². The molecule has 0 atom stereocenters. The molecule has 0 saturated heterocycles. The molecule has 0 unspecified atom stereocenters. The summed E-state index contributed by atoms with van der Waals surface area (Å²) < 4.78 is 0.833. The van der Waals surface area contributed by atoms with Crippen molar-refractivity contribution in [3.63, 3.8) is 0 Å². The maximum absolute atomic E-state index is 11.3. The molecule has 0 aliphatic rings. The standard InChI is InChI=1S/C11H9N3O4/c1-2-11(9(15)16,10(17)18)14-8-6-4-3-5-7(8)12-13-14/h2-6H,1H2,(H,15,16)(H,17,18). The number of rotatable bonds is 4. The number of carboxylic acid groups (broad SMARTS) is 2. The van der Waals surface area contributed by atoms with Crippen LogP contribution in [0.25, 0.3) is 11.0 Å². The maximum atomic E-state index is 11.3. The van der Waals surface area contributed by atoms with E-state index in [-0.39, 0.29) is 0 Å². The van der Waals surface area contributed by atoms with E-state index in [9.17, 15) is 19.8 Å². The molecule has 7 heteroatoms. The molecule has 18 heavy (non-hydrogen) atoms. The number of nitrogens with zero attached hydrogens (tertiary/aromatic N) is 3. The minimum Gasteiger partial charge on any atom is -0.479 e. The van der Waals surface area contributed by atoms with Crippen LogP contribution in [-0.2, 0) is 15.1 Å². The lowest BCUT2D eigenvalue weighted by Crippen LogP contribution is -2.48. The third-order valence-corrected chi connectivity index (χ3v) is 2.63. The quantitative estimate of drug-likeness (QED) is 0.601. The molecule has 92 valence electrons. The zero-order chi connectivity index (χ0) is 13.3. The lowest BCUT2D eigenvalue weighted by atomic mass is 10.0. The van der Waals surface area contributed by atoms with Gasteiger partial charge in [-0.2, -0.15) is 0 Å². The number of benzene rings is 1. The molecule has 0 bridgehead atoms. The number of hydrogen-bond donors (Lipinski definition) is 2. The summed E-state index contributed by atoms with van der Waals surface area (Å²) in [6.07, 6.45) is 0.818. The highest BCUT2D eigenvalue weighted by Crippen LogP contribution is 2.23. The summed E-state index contributed by atoms with van der Waals surface area (Å²) in [5.41, 5.74) is -1.65. The Labute approximate surface area is 101 Å². The zero-order valence-electron chi connectivity index (χ0n) is 9.15. The average Bonchev–Trinajstić information content (AvgIpc) is 2.75. The molecule has 1 heterocycles. The highest BCUT2D eigenvalue weighted by molar-refractivity contribution is 6.04. The molecule has 0 fully saturated rings. The van der Waals surface area contributed by atoms with E-state index >= 15 is 0 Å². The van der Waals surface area contributed by atoms with Gasteiger partial charge in [0.25, 0.3) is 5.54 Å². The monoisotopic (exact) mass is 247 g/mol. The van der Waals surface area contributed by atoms with Crippen molar-refractivity contribution in [1.29, 1.82) is 0 Å². The van der Waals surface area contributed by atoms with Crippen LogP contribution in [0.2, 0.25) is 0 Å². The number of aliphatic carboxylic acids is 2. The Balaban J connectivity index is 2.81. The molecule has 2 N–H and O–H groups in total. The third kappa shape index (κ3) is 1.37. The second-order valence-corrected chi connectivity index (χ2v) is 3.57. The fourth-order valence-electron chi connectivity index (χ4n) is 1.66. The molecule has 1 aromatic carbocycles. The van der Waals surface area contributed by atoms with Gasteiger partial charge in [0.1, 0.15) is 5.52 Å². The fourth-order valence-corrected chi connectivity index (χ4v) is 1.66. The van der Waals surface area contributed by atoms with E-state index in [1.807, 2.05) is 0 Å². The van der Waals surface area contributed by atoms with Gasteiger partial charge in [-0.1, -0.05) is 23.9 Å². The van der Waals surface area contributed by atoms with Crippen LogP contribution in [0, 0.1) is 0 Å². The minimum absolute atomic E-state index is 0.308. The van der Waals surface area contributed by atoms with E-state index in [0.717, 1.165) is 10.8 Å². The van der Waals surface area contributed by atoms with Gasteiger partial charge in [-0.15, -0.1) is 5.10 Å². The molecule has 0 aliphatic carbocycles. The van der Waals surface area contributed by atoms with Gasteiger partial charge in [0.2, 0.25) is 0 Å². The number of aromatic nitrogens is 3. The molecule has 0 amide bonds. The predicted octanol–water partition coefficient (Wildman–Crippen LogP) is 0.482. The lowest BCUT2D eigenvalue weighted by Gasteiger charge is -2.21. The molecular formula is C11H9N3O4. The first-order chi connectivity index (χ1) is 8.54. The number of hydrogen-bond acceptors (Lipinski definition) is 4. The van der Waals surface area contributed by atoms with Crippen molar-refractivity contribution in [1.82, 2.24) is 15.0 Å². The van der Waals surface area contributed by atoms with E-state index in [1.165, 1.54) is 0 Å². The highest BCUT2D eigenvalue weighted by Gasteiger charge is 2.48. The van der Waals surface area contributed by atoms with Gasteiger partial charge in [-0.05, 0) is 18.2 Å². The smallest absolute Gasteiger partial charge is 0.347 e. The van der Waals surface area contributed by atoms with Crippen LogP contribution >= 0.6 is 0 Å². The molecule has 1 aromatic heterocycles. The van der Waals surface area contributed by atoms with Gasteiger partial charge < -0.3 is 10.2 Å². The summed E-state index contributed by atoms with van der Waals surface area (Å²) in [6.45, 7) is 3.29. The SMILES string of the molecule is C=CC(C(=O)O)(C(=O)O)n1nnc2ccccc21. The Hall–Kier alpha value is -2.70. The second kappa shape index (κ2) is 3.95. The molecule has 2 aromatic rings. The third-order valence-electron chi connectivity index (χ3n) is 2.63. The first kappa shape index (κ1) is 11.8. The van der Waals surface area contributed by atoms with E-state index in [2.05, 4.69) is 16.9 Å². The molecule has 0 radical (unpaired) electrons. The van der Waals surface area contributed by atoms with E-state index in [0.29, 0.717) is 11.0 Å². The summed E-state index contributed by atoms with van der Waals surface area (Å²) >= 11 is 0. The number of fused-ring (bicyclic) bond motifs is 1. The van der Waals surface area contributed by atoms with Crippen LogP contribution in [0.4, 0.5) is 0 Å². The van der Waals surface area contributed by atoms with E-state index in [1.54, 1.807) is 24.3 Å². The second-order valence-electron chi connectivity index (χ2n) is 3.57. The zero-order valence-corrected chi connectivity index (χ0v) is 9.15. The Morgan fingerprint density at radius 2 is 1.89 bits per heavy atom. The van der Waals surface area contributed by atoms with Crippen molar-refractivity contribution >= 4 is 23.0 Å². The summed E-state index contributed by atoms with van der Waals surface area (Å²) in [6, 6.07) is 6.48. The number of carbonyl (C=O) groups is 2. The fraction of sp³-hybridized carbons (Fsp3) is 0.0909. The van der Waals surface area contributed by atoms with Crippen LogP contribution in [0.15, 0.2) is 36.9 Å². The first-order valence-electron chi connectivity index (χ1n) is 4.95. The van der Waals surface area contributed by atoms with Gasteiger partial charge >= 0.3 is 11.9 Å². The van der Waals surface area contributed by atoms with Crippen molar-refractivity contribution in [2.24, 2.45) is 0 Å². The van der Waals surface area contributed by atoms with Crippen LogP contribution in [0.3, 0.4) is 0 Å². The van der Waals surface area contributed by atoms with Crippen LogP contribution in [-0.4, -0.2) is 37.1 Å². The Bertz CT molecular complexity index is 633. The maximum Gasteiger partial charge on any atom is 0.347 e. The predicted molar refractivity (Wildman–Crippen MR) is 61.0 cm³/mol. The molecular weight excluding hydrogens is 238 g/mol. The molecule has 0 saturated carbocycles. The topological polar surface area (TPSA) is 105 Å². The van der Waals surface area contributed by atoms with Gasteiger partial charge in [-0.25, -0.2) is 14.3 Å². The average molecular weight is 247 g/mol. The van der Waals surface area contributed by atoms with Crippen molar-refractivity contribution in [3.8, 4) is 0 Å². The largest absolute Gasteiger partial charge is 0.479 e. The Kier molecular flexibility index (Phi) is 2.59. The Morgan fingerprint density at radius 1 is 1.28 bits per heavy atom. The summed E-state index contributed by atoms with van der Waals surface area (Å²) in [7, 11) is 0. The van der Waals surface area contributed by atoms with Gasteiger partial charge in [0.15, 0.2) is 0 Å². The molecule has 0 spiro atoms. The van der Waals surface area contributed by atoms with Crippen molar-refractivity contribution in [2.75, 3.05) is 0 Å². The van der Waals surface area contributed by atoms with Crippen LogP contribution in [0.1, 0.15) is 0 Å². The molecule has 0 aliphatic heterocycles. The summed E-state index contributed by atoms with van der Waals surface area (Å²) in [4.78, 5) is 22.6. The van der Waals surface area contributed by atoms with E-state index in [4.69, 9.17) is 0 Å². The minimum atomic E-state index is -2.36. The summed E-state index contributed by atoms with van der Waals surface area (Å²) in [5, 5.41) is 25.7. The van der Waals surface area contributed by atoms with Crippen LogP contribution in [0.5, 0.6) is 0 Å². The number of para-hydroxylation sites is 1.